The summed E-state index contributed by atoms with van der Waals surface area (Å²) in [6.07, 6.45) is 1.01. The van der Waals surface area contributed by atoms with E-state index in [1.165, 1.54) is 4.68 Å². The van der Waals surface area contributed by atoms with E-state index in [1.54, 1.807) is 17.8 Å². The molecule has 2 aromatic heterocycles. The quantitative estimate of drug-likeness (QED) is 0.851. The number of nitrogens with one attached hydrogen (secondary N) is 1. The van der Waals surface area contributed by atoms with E-state index in [0.29, 0.717) is 44.5 Å². The van der Waals surface area contributed by atoms with Crippen LogP contribution in [0.4, 0.5) is 13.2 Å². The summed E-state index contributed by atoms with van der Waals surface area (Å²) < 4.78 is 42.7. The molecule has 1 N–H and O–H groups in total. The third-order valence-electron chi connectivity index (χ3n) is 4.61. The van der Waals surface area contributed by atoms with Gasteiger partial charge in [0, 0.05) is 24.0 Å². The number of alkyl halides is 3. The number of amides is 1. The number of aromatic nitrogens is 4. The summed E-state index contributed by atoms with van der Waals surface area (Å²) in [6.45, 7) is 4.55. The molecule has 1 unspecified atom stereocenters. The first-order valence-electron chi connectivity index (χ1n) is 8.75. The molecule has 0 spiro atoms. The minimum absolute atomic E-state index is 0.246. The molecule has 142 valence electrons. The minimum Gasteiger partial charge on any atom is -0.352 e. The molecule has 0 fully saturated rings. The Morgan fingerprint density at radius 3 is 2.77 bits per heavy atom. The van der Waals surface area contributed by atoms with Crippen molar-refractivity contribution >= 4 is 5.91 Å². The zero-order chi connectivity index (χ0) is 18.9. The first-order chi connectivity index (χ1) is 12.3. The molecule has 0 saturated carbocycles. The fourth-order valence-electron chi connectivity index (χ4n) is 3.42. The fourth-order valence-corrected chi connectivity index (χ4v) is 3.42. The van der Waals surface area contributed by atoms with Crippen molar-refractivity contribution in [3.05, 3.63) is 34.9 Å². The summed E-state index contributed by atoms with van der Waals surface area (Å²) in [7, 11) is 0. The van der Waals surface area contributed by atoms with Crippen LogP contribution in [0.15, 0.2) is 12.4 Å². The topological polar surface area (TPSA) is 64.7 Å². The summed E-state index contributed by atoms with van der Waals surface area (Å²) >= 11 is 0. The maximum absolute atomic E-state index is 13.2. The molecule has 2 aromatic rings. The number of carbonyl (C=O) groups excluding carboxylic acids is 1. The second kappa shape index (κ2) is 7.13. The average molecular weight is 369 g/mol. The van der Waals surface area contributed by atoms with Gasteiger partial charge in [-0.3, -0.25) is 14.2 Å². The Kier molecular flexibility index (Phi) is 5.06. The highest BCUT2D eigenvalue weighted by Gasteiger charge is 2.41. The molecule has 26 heavy (non-hydrogen) atoms. The van der Waals surface area contributed by atoms with Crippen LogP contribution in [0.25, 0.3) is 0 Å². The normalized spacial score (nSPS) is 15.1. The summed E-state index contributed by atoms with van der Waals surface area (Å²) in [6, 6.07) is -0.739. The lowest BCUT2D eigenvalue weighted by atomic mass is 10.1. The standard InChI is InChI=1S/C17H22F3N5O/c1-3-13(16(26)21-7-8-24-10-11(2)9-22-24)25-14-6-4-5-12(14)15(23-25)17(18,19)20/h9-10,13H,3-8H2,1-2H3,(H,21,26). The molecule has 1 aliphatic carbocycles. The highest BCUT2D eigenvalue weighted by atomic mass is 19.4. The number of nitrogens with zero attached hydrogens (tertiary/aromatic N) is 4. The Hall–Kier alpha value is -2.32. The van der Waals surface area contributed by atoms with Gasteiger partial charge in [0.15, 0.2) is 5.69 Å². The van der Waals surface area contributed by atoms with E-state index in [1.807, 2.05) is 13.1 Å². The number of hydrogen-bond donors (Lipinski definition) is 1. The van der Waals surface area contributed by atoms with Crippen LogP contribution in [0.1, 0.15) is 48.3 Å². The van der Waals surface area contributed by atoms with Crippen molar-refractivity contribution in [1.29, 1.82) is 0 Å². The van der Waals surface area contributed by atoms with Crippen LogP contribution in [0.2, 0.25) is 0 Å². The molecule has 0 bridgehead atoms. The molecule has 0 aliphatic heterocycles. The van der Waals surface area contributed by atoms with E-state index >= 15 is 0 Å². The SMILES string of the molecule is CCC(C(=O)NCCn1cc(C)cn1)n1nc(C(F)(F)F)c2c1CCC2. The summed E-state index contributed by atoms with van der Waals surface area (Å²) in [5, 5.41) is 10.7. The van der Waals surface area contributed by atoms with Crippen molar-refractivity contribution in [1.82, 2.24) is 24.9 Å². The van der Waals surface area contributed by atoms with Gasteiger partial charge in [0.05, 0.1) is 12.7 Å². The predicted octanol–water partition coefficient (Wildman–Crippen LogP) is 2.66. The van der Waals surface area contributed by atoms with Crippen LogP contribution in [0.5, 0.6) is 0 Å². The largest absolute Gasteiger partial charge is 0.435 e. The molecular weight excluding hydrogens is 347 g/mol. The highest BCUT2D eigenvalue weighted by molar-refractivity contribution is 5.80. The van der Waals surface area contributed by atoms with Gasteiger partial charge in [-0.25, -0.2) is 0 Å². The summed E-state index contributed by atoms with van der Waals surface area (Å²) in [5.41, 5.74) is 0.968. The lowest BCUT2D eigenvalue weighted by Crippen LogP contribution is -2.35. The van der Waals surface area contributed by atoms with Crippen molar-refractivity contribution in [3.63, 3.8) is 0 Å². The molecule has 1 atom stereocenters. The molecule has 9 heteroatoms. The lowest BCUT2D eigenvalue weighted by Gasteiger charge is -2.18. The smallest absolute Gasteiger partial charge is 0.352 e. The molecule has 1 amide bonds. The van der Waals surface area contributed by atoms with Crippen LogP contribution in [-0.2, 0) is 30.4 Å². The zero-order valence-electron chi connectivity index (χ0n) is 14.8. The van der Waals surface area contributed by atoms with E-state index in [0.717, 1.165) is 5.56 Å². The first kappa shape index (κ1) is 18.5. The van der Waals surface area contributed by atoms with Gasteiger partial charge >= 0.3 is 6.18 Å². The molecule has 6 nitrogen and oxygen atoms in total. The molecule has 0 saturated heterocycles. The maximum Gasteiger partial charge on any atom is 0.435 e. The van der Waals surface area contributed by atoms with Gasteiger partial charge in [-0.15, -0.1) is 0 Å². The van der Waals surface area contributed by atoms with Crippen LogP contribution in [-0.4, -0.2) is 32.0 Å². The number of fused-ring (bicyclic) bond motifs is 1. The van der Waals surface area contributed by atoms with Gasteiger partial charge in [0.25, 0.3) is 0 Å². The van der Waals surface area contributed by atoms with Crippen molar-refractivity contribution < 1.29 is 18.0 Å². The van der Waals surface area contributed by atoms with Crippen LogP contribution in [0.3, 0.4) is 0 Å². The first-order valence-corrected chi connectivity index (χ1v) is 8.75. The van der Waals surface area contributed by atoms with Gasteiger partial charge in [0.1, 0.15) is 6.04 Å². The second-order valence-electron chi connectivity index (χ2n) is 6.57. The zero-order valence-corrected chi connectivity index (χ0v) is 14.8. The van der Waals surface area contributed by atoms with E-state index < -0.39 is 17.9 Å². The monoisotopic (exact) mass is 369 g/mol. The molecule has 3 rings (SSSR count). The van der Waals surface area contributed by atoms with Gasteiger partial charge in [-0.05, 0) is 38.2 Å². The Labute approximate surface area is 149 Å². The van der Waals surface area contributed by atoms with Gasteiger partial charge < -0.3 is 5.32 Å². The Morgan fingerprint density at radius 1 is 1.38 bits per heavy atom. The molecule has 0 radical (unpaired) electrons. The van der Waals surface area contributed by atoms with Crippen molar-refractivity contribution in [3.8, 4) is 0 Å². The van der Waals surface area contributed by atoms with E-state index in [2.05, 4.69) is 15.5 Å². The Bertz CT molecular complexity index is 793. The van der Waals surface area contributed by atoms with Crippen LogP contribution < -0.4 is 5.32 Å². The highest BCUT2D eigenvalue weighted by Crippen LogP contribution is 2.37. The summed E-state index contributed by atoms with van der Waals surface area (Å²) in [5.74, 6) is -0.317. The maximum atomic E-state index is 13.2. The van der Waals surface area contributed by atoms with E-state index in [-0.39, 0.29) is 11.5 Å². The van der Waals surface area contributed by atoms with E-state index in [4.69, 9.17) is 0 Å². The van der Waals surface area contributed by atoms with Gasteiger partial charge in [-0.2, -0.15) is 23.4 Å². The predicted molar refractivity (Wildman–Crippen MR) is 88.6 cm³/mol. The third-order valence-corrected chi connectivity index (χ3v) is 4.61. The van der Waals surface area contributed by atoms with Crippen molar-refractivity contribution in [2.45, 2.75) is 58.3 Å². The fraction of sp³-hybridized carbons (Fsp3) is 0.588. The number of hydrogen-bond acceptors (Lipinski definition) is 3. The van der Waals surface area contributed by atoms with E-state index in [9.17, 15) is 18.0 Å². The Balaban J connectivity index is 1.73. The molecule has 0 aromatic carbocycles. The third kappa shape index (κ3) is 3.61. The van der Waals surface area contributed by atoms with Crippen molar-refractivity contribution in [2.75, 3.05) is 6.54 Å². The van der Waals surface area contributed by atoms with Crippen LogP contribution in [0, 0.1) is 6.92 Å². The Morgan fingerprint density at radius 2 is 2.15 bits per heavy atom. The number of aryl methyl sites for hydroxylation is 1. The van der Waals surface area contributed by atoms with Crippen molar-refractivity contribution in [2.24, 2.45) is 0 Å². The van der Waals surface area contributed by atoms with Gasteiger partial charge in [0.2, 0.25) is 5.91 Å². The molecule has 1 aliphatic rings. The second-order valence-corrected chi connectivity index (χ2v) is 6.57. The van der Waals surface area contributed by atoms with Gasteiger partial charge in [-0.1, -0.05) is 6.92 Å². The summed E-state index contributed by atoms with van der Waals surface area (Å²) in [4.78, 5) is 12.5. The lowest BCUT2D eigenvalue weighted by molar-refractivity contribution is -0.142. The minimum atomic E-state index is -4.49. The number of carbonyl (C=O) groups is 1. The number of halogens is 3. The number of rotatable bonds is 6. The molecule has 2 heterocycles. The van der Waals surface area contributed by atoms with Crippen LogP contribution >= 0.6 is 0 Å². The molecular formula is C17H22F3N5O. The average Bonchev–Trinajstić information content (AvgIpc) is 3.25.